The van der Waals surface area contributed by atoms with E-state index in [1.165, 1.54) is 0 Å². The standard InChI is InChI=1S/C24H26N4O2/c1-29-23-17-21(10-11-22(23)30-19-20-7-3-2-4-8-20)18-26-28-15-13-27(14-16-28)24-9-5-6-12-25-24/h2-12,17-18H,13-16,19H2,1H3/p+1/b26-18+. The number of H-pyrrole nitrogens is 1. The van der Waals surface area contributed by atoms with E-state index >= 15 is 0 Å². The Hall–Kier alpha value is -3.54. The predicted molar refractivity (Wildman–Crippen MR) is 118 cm³/mol. The second-order valence-corrected chi connectivity index (χ2v) is 7.12. The third kappa shape index (κ3) is 5.08. The van der Waals surface area contributed by atoms with Gasteiger partial charge in [0.2, 0.25) is 0 Å². The molecule has 3 aromatic rings. The van der Waals surface area contributed by atoms with Gasteiger partial charge < -0.3 is 9.47 Å². The number of nitrogens with zero attached hydrogens (tertiary/aromatic N) is 3. The number of pyridine rings is 1. The highest BCUT2D eigenvalue weighted by Gasteiger charge is 2.21. The minimum atomic E-state index is 0.508. The molecule has 1 N–H and O–H groups in total. The summed E-state index contributed by atoms with van der Waals surface area (Å²) in [6.07, 6.45) is 3.84. The van der Waals surface area contributed by atoms with E-state index in [0.717, 1.165) is 48.9 Å². The first-order valence-electron chi connectivity index (χ1n) is 10.2. The normalized spacial score (nSPS) is 14.2. The number of methoxy groups -OCH3 is 1. The van der Waals surface area contributed by atoms with Crippen LogP contribution in [0.4, 0.5) is 5.82 Å². The van der Waals surface area contributed by atoms with E-state index in [9.17, 15) is 0 Å². The molecule has 2 heterocycles. The Kier molecular flexibility index (Phi) is 6.44. The smallest absolute Gasteiger partial charge is 0.274 e. The molecule has 154 valence electrons. The van der Waals surface area contributed by atoms with E-state index in [2.05, 4.69) is 32.1 Å². The molecular weight excluding hydrogens is 376 g/mol. The number of aromatic nitrogens is 1. The molecule has 1 aliphatic heterocycles. The molecular formula is C24H27N4O2+. The van der Waals surface area contributed by atoms with Crippen molar-refractivity contribution in [1.29, 1.82) is 0 Å². The Balaban J connectivity index is 1.33. The molecule has 4 rings (SSSR count). The van der Waals surface area contributed by atoms with Crippen LogP contribution in [0.1, 0.15) is 11.1 Å². The van der Waals surface area contributed by atoms with Crippen LogP contribution >= 0.6 is 0 Å². The van der Waals surface area contributed by atoms with Crippen molar-refractivity contribution in [3.8, 4) is 11.5 Å². The predicted octanol–water partition coefficient (Wildman–Crippen LogP) is 3.24. The third-order valence-corrected chi connectivity index (χ3v) is 5.08. The van der Waals surface area contributed by atoms with Gasteiger partial charge in [0.25, 0.3) is 5.82 Å². The summed E-state index contributed by atoms with van der Waals surface area (Å²) < 4.78 is 11.4. The molecule has 2 aromatic carbocycles. The van der Waals surface area contributed by atoms with E-state index in [1.807, 2.05) is 67.0 Å². The number of aromatic amines is 1. The van der Waals surface area contributed by atoms with Crippen molar-refractivity contribution in [2.24, 2.45) is 5.10 Å². The fourth-order valence-corrected chi connectivity index (χ4v) is 3.40. The van der Waals surface area contributed by atoms with Gasteiger partial charge in [0.15, 0.2) is 11.5 Å². The fraction of sp³-hybridized carbons (Fsp3) is 0.250. The van der Waals surface area contributed by atoms with Crippen molar-refractivity contribution in [3.63, 3.8) is 0 Å². The Bertz CT molecular complexity index is 955. The number of benzene rings is 2. The molecule has 6 heteroatoms. The maximum absolute atomic E-state index is 5.93. The molecule has 30 heavy (non-hydrogen) atoms. The van der Waals surface area contributed by atoms with Gasteiger partial charge in [-0.15, -0.1) is 0 Å². The van der Waals surface area contributed by atoms with Crippen LogP contribution in [0, 0.1) is 0 Å². The van der Waals surface area contributed by atoms with Gasteiger partial charge in [-0.05, 0) is 35.4 Å². The minimum Gasteiger partial charge on any atom is -0.493 e. The van der Waals surface area contributed by atoms with E-state index in [0.29, 0.717) is 12.4 Å². The van der Waals surface area contributed by atoms with Gasteiger partial charge in [0, 0.05) is 6.07 Å². The topological polar surface area (TPSA) is 51.4 Å². The maximum atomic E-state index is 5.93. The van der Waals surface area contributed by atoms with Crippen LogP contribution in [0.25, 0.3) is 0 Å². The lowest BCUT2D eigenvalue weighted by atomic mass is 10.2. The number of hydrazone groups is 1. The molecule has 0 radical (unpaired) electrons. The zero-order chi connectivity index (χ0) is 20.6. The van der Waals surface area contributed by atoms with Crippen molar-refractivity contribution >= 4 is 12.0 Å². The molecule has 6 nitrogen and oxygen atoms in total. The average molecular weight is 404 g/mol. The summed E-state index contributed by atoms with van der Waals surface area (Å²) in [6.45, 7) is 4.15. The summed E-state index contributed by atoms with van der Waals surface area (Å²) >= 11 is 0. The van der Waals surface area contributed by atoms with Gasteiger partial charge in [0.1, 0.15) is 19.7 Å². The fourth-order valence-electron chi connectivity index (χ4n) is 3.40. The monoisotopic (exact) mass is 403 g/mol. The number of hydrogen-bond donors (Lipinski definition) is 0. The first-order chi connectivity index (χ1) is 14.8. The van der Waals surface area contributed by atoms with Crippen molar-refractivity contribution in [3.05, 3.63) is 84.1 Å². The van der Waals surface area contributed by atoms with Gasteiger partial charge >= 0.3 is 0 Å². The average Bonchev–Trinajstić information content (AvgIpc) is 2.83. The van der Waals surface area contributed by atoms with Crippen LogP contribution in [0.2, 0.25) is 0 Å². The SMILES string of the molecule is COc1cc(/C=N/N2CCN(c3cccc[nH+]3)CC2)ccc1OCc1ccccc1. The number of nitrogens with one attached hydrogen (secondary N) is 1. The summed E-state index contributed by atoms with van der Waals surface area (Å²) in [5.74, 6) is 2.59. The van der Waals surface area contributed by atoms with Crippen LogP contribution in [0.15, 0.2) is 78.0 Å². The highest BCUT2D eigenvalue weighted by molar-refractivity contribution is 5.80. The van der Waals surface area contributed by atoms with Crippen LogP contribution in [0.3, 0.4) is 0 Å². The molecule has 1 saturated heterocycles. The molecule has 0 atom stereocenters. The zero-order valence-electron chi connectivity index (χ0n) is 17.2. The lowest BCUT2D eigenvalue weighted by molar-refractivity contribution is -0.364. The first-order valence-corrected chi connectivity index (χ1v) is 10.2. The first kappa shape index (κ1) is 19.8. The molecule has 0 spiro atoms. The van der Waals surface area contributed by atoms with Gasteiger partial charge in [-0.1, -0.05) is 36.4 Å². The van der Waals surface area contributed by atoms with Crippen molar-refractivity contribution in [1.82, 2.24) is 5.01 Å². The number of piperazine rings is 1. The van der Waals surface area contributed by atoms with E-state index < -0.39 is 0 Å². The van der Waals surface area contributed by atoms with Gasteiger partial charge in [0.05, 0.1) is 32.6 Å². The summed E-state index contributed by atoms with van der Waals surface area (Å²) in [4.78, 5) is 5.63. The molecule has 1 aliphatic rings. The Labute approximate surface area is 177 Å². The molecule has 0 saturated carbocycles. The summed E-state index contributed by atoms with van der Waals surface area (Å²) in [5, 5.41) is 6.76. The Morgan fingerprint density at radius 3 is 2.47 bits per heavy atom. The van der Waals surface area contributed by atoms with Gasteiger partial charge in [-0.2, -0.15) is 5.10 Å². The zero-order valence-corrected chi connectivity index (χ0v) is 17.2. The van der Waals surface area contributed by atoms with E-state index in [1.54, 1.807) is 7.11 Å². The third-order valence-electron chi connectivity index (χ3n) is 5.08. The molecule has 0 aliphatic carbocycles. The van der Waals surface area contributed by atoms with Crippen molar-refractivity contribution in [2.45, 2.75) is 6.61 Å². The highest BCUT2D eigenvalue weighted by atomic mass is 16.5. The second-order valence-electron chi connectivity index (χ2n) is 7.12. The molecule has 0 unspecified atom stereocenters. The van der Waals surface area contributed by atoms with Crippen LogP contribution in [-0.4, -0.2) is 44.5 Å². The number of anilines is 1. The second kappa shape index (κ2) is 9.78. The Morgan fingerprint density at radius 1 is 0.933 bits per heavy atom. The number of ether oxygens (including phenoxy) is 2. The quantitative estimate of drug-likeness (QED) is 0.569. The Morgan fingerprint density at radius 2 is 1.73 bits per heavy atom. The van der Waals surface area contributed by atoms with E-state index in [4.69, 9.17) is 9.47 Å². The molecule has 0 amide bonds. The minimum absolute atomic E-state index is 0.508. The van der Waals surface area contributed by atoms with Crippen LogP contribution in [-0.2, 0) is 6.61 Å². The maximum Gasteiger partial charge on any atom is 0.274 e. The molecule has 0 bridgehead atoms. The largest absolute Gasteiger partial charge is 0.493 e. The van der Waals surface area contributed by atoms with Crippen molar-refractivity contribution in [2.75, 3.05) is 38.2 Å². The highest BCUT2D eigenvalue weighted by Crippen LogP contribution is 2.28. The summed E-state index contributed by atoms with van der Waals surface area (Å²) in [7, 11) is 1.66. The lowest BCUT2D eigenvalue weighted by Crippen LogP contribution is -2.45. The van der Waals surface area contributed by atoms with Gasteiger partial charge in [-0.25, -0.2) is 4.98 Å². The van der Waals surface area contributed by atoms with E-state index in [-0.39, 0.29) is 0 Å². The van der Waals surface area contributed by atoms with Gasteiger partial charge in [-0.3, -0.25) is 9.91 Å². The molecule has 1 aromatic heterocycles. The number of rotatable bonds is 7. The molecule has 1 fully saturated rings. The van der Waals surface area contributed by atoms with Crippen molar-refractivity contribution < 1.29 is 14.5 Å². The van der Waals surface area contributed by atoms with Crippen LogP contribution < -0.4 is 19.4 Å². The number of hydrogen-bond acceptors (Lipinski definition) is 5. The lowest BCUT2D eigenvalue weighted by Gasteiger charge is -2.28. The van der Waals surface area contributed by atoms with Crippen LogP contribution in [0.5, 0.6) is 11.5 Å². The summed E-state index contributed by atoms with van der Waals surface area (Å²) in [6, 6.07) is 22.2. The summed E-state index contributed by atoms with van der Waals surface area (Å²) in [5.41, 5.74) is 2.11.